The Kier molecular flexibility index (Phi) is 6.83. The number of nitrogens with one attached hydrogen (secondary N) is 2. The number of rotatable bonds is 5. The quantitative estimate of drug-likeness (QED) is 0.878. The molecule has 1 saturated carbocycles. The summed E-state index contributed by atoms with van der Waals surface area (Å²) in [5.74, 6) is 0.0963. The zero-order chi connectivity index (χ0) is 12.8. The Balaban J connectivity index is 0.00000180. The highest BCUT2D eigenvalue weighted by molar-refractivity contribution is 7.10. The van der Waals surface area contributed by atoms with Gasteiger partial charge >= 0.3 is 0 Å². The van der Waals surface area contributed by atoms with Gasteiger partial charge in [0.05, 0.1) is 6.54 Å². The van der Waals surface area contributed by atoms with Crippen LogP contribution in [0.15, 0.2) is 17.5 Å². The van der Waals surface area contributed by atoms with E-state index in [0.717, 1.165) is 6.54 Å². The first-order valence-electron chi connectivity index (χ1n) is 6.72. The van der Waals surface area contributed by atoms with Crippen LogP contribution in [0.2, 0.25) is 0 Å². The second-order valence-corrected chi connectivity index (χ2v) is 6.07. The molecule has 3 nitrogen and oxygen atoms in total. The van der Waals surface area contributed by atoms with Crippen LogP contribution < -0.4 is 10.6 Å². The molecule has 2 rings (SSSR count). The summed E-state index contributed by atoms with van der Waals surface area (Å²) in [5, 5.41) is 8.12. The van der Waals surface area contributed by atoms with E-state index >= 15 is 0 Å². The number of halogens is 1. The zero-order valence-electron chi connectivity index (χ0n) is 11.4. The van der Waals surface area contributed by atoms with Crippen molar-refractivity contribution in [2.45, 2.75) is 37.5 Å². The van der Waals surface area contributed by atoms with Gasteiger partial charge in [0.25, 0.3) is 0 Å². The summed E-state index contributed by atoms with van der Waals surface area (Å²) >= 11 is 1.83. The molecule has 5 heteroatoms. The van der Waals surface area contributed by atoms with Gasteiger partial charge in [0, 0.05) is 16.8 Å². The van der Waals surface area contributed by atoms with Gasteiger partial charge in [0.1, 0.15) is 0 Å². The van der Waals surface area contributed by atoms with Crippen LogP contribution in [0.25, 0.3) is 0 Å². The van der Waals surface area contributed by atoms with Crippen molar-refractivity contribution in [1.82, 2.24) is 10.6 Å². The summed E-state index contributed by atoms with van der Waals surface area (Å²) in [6.45, 7) is 1.19. The number of amides is 1. The Morgan fingerprint density at radius 1 is 1.37 bits per heavy atom. The topological polar surface area (TPSA) is 41.1 Å². The Morgan fingerprint density at radius 2 is 2.11 bits per heavy atom. The fourth-order valence-corrected chi connectivity index (χ4v) is 3.80. The van der Waals surface area contributed by atoms with Gasteiger partial charge in [0.15, 0.2) is 0 Å². The van der Waals surface area contributed by atoms with E-state index < -0.39 is 0 Å². The van der Waals surface area contributed by atoms with E-state index in [1.807, 2.05) is 11.3 Å². The molecule has 0 aromatic carbocycles. The molecule has 0 bridgehead atoms. The lowest BCUT2D eigenvalue weighted by atomic mass is 9.73. The predicted octanol–water partition coefficient (Wildman–Crippen LogP) is 2.71. The lowest BCUT2D eigenvalue weighted by Crippen LogP contribution is -2.43. The zero-order valence-corrected chi connectivity index (χ0v) is 13.0. The highest BCUT2D eigenvalue weighted by Crippen LogP contribution is 2.40. The molecule has 1 amide bonds. The summed E-state index contributed by atoms with van der Waals surface area (Å²) in [6.07, 6.45) is 6.29. The van der Waals surface area contributed by atoms with Gasteiger partial charge < -0.3 is 10.6 Å². The molecular formula is C14H23ClN2OS. The van der Waals surface area contributed by atoms with Crippen LogP contribution in [0, 0.1) is 0 Å². The summed E-state index contributed by atoms with van der Waals surface area (Å²) in [7, 11) is 1.80. The molecule has 1 aromatic rings. The molecule has 0 spiro atoms. The third-order valence-corrected chi connectivity index (χ3v) is 4.93. The van der Waals surface area contributed by atoms with E-state index in [-0.39, 0.29) is 23.7 Å². The molecule has 108 valence electrons. The van der Waals surface area contributed by atoms with Crippen molar-refractivity contribution in [2.24, 2.45) is 0 Å². The molecule has 1 heterocycles. The van der Waals surface area contributed by atoms with Crippen LogP contribution in [0.4, 0.5) is 0 Å². The average molecular weight is 303 g/mol. The maximum Gasteiger partial charge on any atom is 0.233 e. The Labute approximate surface area is 125 Å². The first-order valence-corrected chi connectivity index (χ1v) is 7.60. The van der Waals surface area contributed by atoms with Crippen molar-refractivity contribution >= 4 is 29.7 Å². The summed E-state index contributed by atoms with van der Waals surface area (Å²) < 4.78 is 0. The normalized spacial score (nSPS) is 17.5. The van der Waals surface area contributed by atoms with Crippen LogP contribution in [0.1, 0.15) is 37.0 Å². The number of hydrogen-bond acceptors (Lipinski definition) is 3. The SMILES string of the molecule is CNCC(=O)NCC1(c2cccs2)CCCCC1.Cl. The lowest BCUT2D eigenvalue weighted by molar-refractivity contribution is -0.120. The minimum absolute atomic E-state index is 0. The maximum absolute atomic E-state index is 11.6. The highest BCUT2D eigenvalue weighted by Gasteiger charge is 2.34. The lowest BCUT2D eigenvalue weighted by Gasteiger charge is -2.36. The molecule has 0 unspecified atom stereocenters. The van der Waals surface area contributed by atoms with Gasteiger partial charge in [-0.25, -0.2) is 0 Å². The van der Waals surface area contributed by atoms with E-state index in [2.05, 4.69) is 28.1 Å². The van der Waals surface area contributed by atoms with Crippen LogP contribution in [0.5, 0.6) is 0 Å². The van der Waals surface area contributed by atoms with Gasteiger partial charge in [0.2, 0.25) is 5.91 Å². The van der Waals surface area contributed by atoms with Gasteiger partial charge in [-0.3, -0.25) is 4.79 Å². The van der Waals surface area contributed by atoms with Crippen LogP contribution in [-0.2, 0) is 10.2 Å². The number of carbonyl (C=O) groups excluding carboxylic acids is 1. The van der Waals surface area contributed by atoms with Crippen molar-refractivity contribution in [3.05, 3.63) is 22.4 Å². The molecule has 0 aliphatic heterocycles. The second kappa shape index (κ2) is 7.88. The van der Waals surface area contributed by atoms with E-state index in [1.165, 1.54) is 37.0 Å². The Morgan fingerprint density at radius 3 is 2.68 bits per heavy atom. The molecule has 0 atom stereocenters. The number of thiophene rings is 1. The van der Waals surface area contributed by atoms with Crippen molar-refractivity contribution in [1.29, 1.82) is 0 Å². The van der Waals surface area contributed by atoms with Gasteiger partial charge in [-0.05, 0) is 31.3 Å². The van der Waals surface area contributed by atoms with Crippen LogP contribution in [-0.4, -0.2) is 26.0 Å². The molecule has 1 aliphatic carbocycles. The standard InChI is InChI=1S/C14H22N2OS.ClH/c1-15-10-13(17)16-11-14(7-3-2-4-8-14)12-6-5-9-18-12;/h5-6,9,15H,2-4,7-8,10-11H2,1H3,(H,16,17);1H. The van der Waals surface area contributed by atoms with E-state index in [0.29, 0.717) is 6.54 Å². The predicted molar refractivity (Wildman–Crippen MR) is 83.3 cm³/mol. The largest absolute Gasteiger partial charge is 0.354 e. The van der Waals surface area contributed by atoms with Crippen molar-refractivity contribution in [3.8, 4) is 0 Å². The van der Waals surface area contributed by atoms with Crippen LogP contribution in [0.3, 0.4) is 0 Å². The molecule has 0 saturated heterocycles. The summed E-state index contributed by atoms with van der Waals surface area (Å²) in [4.78, 5) is 13.1. The fourth-order valence-electron chi connectivity index (χ4n) is 2.81. The van der Waals surface area contributed by atoms with Crippen LogP contribution >= 0.6 is 23.7 Å². The molecular weight excluding hydrogens is 280 g/mol. The third-order valence-electron chi connectivity index (χ3n) is 3.82. The minimum Gasteiger partial charge on any atom is -0.354 e. The van der Waals surface area contributed by atoms with Crippen molar-refractivity contribution in [3.63, 3.8) is 0 Å². The van der Waals surface area contributed by atoms with Crippen molar-refractivity contribution in [2.75, 3.05) is 20.1 Å². The van der Waals surface area contributed by atoms with E-state index in [9.17, 15) is 4.79 Å². The highest BCUT2D eigenvalue weighted by atomic mass is 35.5. The Hall–Kier alpha value is -0.580. The third kappa shape index (κ3) is 4.20. The maximum atomic E-state index is 11.6. The van der Waals surface area contributed by atoms with Gasteiger partial charge in [-0.1, -0.05) is 25.3 Å². The van der Waals surface area contributed by atoms with E-state index in [4.69, 9.17) is 0 Å². The molecule has 1 fully saturated rings. The number of hydrogen-bond donors (Lipinski definition) is 2. The average Bonchev–Trinajstić information content (AvgIpc) is 2.92. The molecule has 19 heavy (non-hydrogen) atoms. The van der Waals surface area contributed by atoms with Gasteiger partial charge in [-0.2, -0.15) is 0 Å². The second-order valence-electron chi connectivity index (χ2n) is 5.13. The van der Waals surface area contributed by atoms with E-state index in [1.54, 1.807) is 7.05 Å². The Bertz CT molecular complexity index is 375. The molecule has 2 N–H and O–H groups in total. The molecule has 0 radical (unpaired) electrons. The monoisotopic (exact) mass is 302 g/mol. The fraction of sp³-hybridized carbons (Fsp3) is 0.643. The smallest absolute Gasteiger partial charge is 0.233 e. The first-order chi connectivity index (χ1) is 8.77. The van der Waals surface area contributed by atoms with Crippen molar-refractivity contribution < 1.29 is 4.79 Å². The minimum atomic E-state index is 0. The summed E-state index contributed by atoms with van der Waals surface area (Å²) in [5.41, 5.74) is 0.190. The number of carbonyl (C=O) groups is 1. The van der Waals surface area contributed by atoms with Gasteiger partial charge in [-0.15, -0.1) is 23.7 Å². The molecule has 1 aliphatic rings. The first kappa shape index (κ1) is 16.5. The molecule has 1 aromatic heterocycles. The number of likely N-dealkylation sites (N-methyl/N-ethyl adjacent to an activating group) is 1. The summed E-state index contributed by atoms with van der Waals surface area (Å²) in [6, 6.07) is 4.34.